The monoisotopic (exact) mass is 294 g/mol. The van der Waals surface area contributed by atoms with Crippen LogP contribution >= 0.6 is 0 Å². The number of ketones is 1. The summed E-state index contributed by atoms with van der Waals surface area (Å²) in [5.41, 5.74) is 0. The summed E-state index contributed by atoms with van der Waals surface area (Å²) in [7, 11) is 0. The van der Waals surface area contributed by atoms with E-state index in [1.807, 2.05) is 0 Å². The molecular formula is C4H5IrO3. The first kappa shape index (κ1) is 7.79. The Labute approximate surface area is 58.0 Å². The van der Waals surface area contributed by atoms with E-state index in [0.29, 0.717) is 0 Å². The minimum atomic E-state index is -0.475. The van der Waals surface area contributed by atoms with Crippen LogP contribution in [0.3, 0.4) is 0 Å². The molecule has 0 saturated heterocycles. The van der Waals surface area contributed by atoms with Crippen LogP contribution in [0.1, 0.15) is 13.3 Å². The number of hydrogen-bond acceptors (Lipinski definition) is 3. The fraction of sp³-hybridized carbons (Fsp3) is 0.500. The quantitative estimate of drug-likeness (QED) is 0.672. The maximum atomic E-state index is 10.2. The van der Waals surface area contributed by atoms with Crippen molar-refractivity contribution >= 4 is 11.8 Å². The van der Waals surface area contributed by atoms with E-state index in [4.69, 9.17) is 0 Å². The molecule has 0 aromatic heterocycles. The average molecular weight is 293 g/mol. The summed E-state index contributed by atoms with van der Waals surface area (Å²) in [6.07, 6.45) is -0.115. The predicted octanol–water partition coefficient (Wildman–Crippen LogP) is -0.0295. The molecule has 0 N–H and O–H groups in total. The molecule has 0 saturated carbocycles. The van der Waals surface area contributed by atoms with Gasteiger partial charge in [0, 0.05) is 0 Å². The topological polar surface area (TPSA) is 43.4 Å². The zero-order valence-electron chi connectivity index (χ0n) is 4.27. The minimum absolute atomic E-state index is 0.115. The molecular weight excluding hydrogens is 288 g/mol. The molecule has 3 nitrogen and oxygen atoms in total. The molecule has 0 aliphatic carbocycles. The van der Waals surface area contributed by atoms with E-state index in [1.165, 1.54) is 26.2 Å². The third kappa shape index (κ3) is 3.96. The Kier molecular flexibility index (Phi) is 3.65. The first-order valence-electron chi connectivity index (χ1n) is 1.96. The van der Waals surface area contributed by atoms with Crippen molar-refractivity contribution in [2.45, 2.75) is 13.3 Å². The first-order chi connectivity index (χ1) is 3.66. The summed E-state index contributed by atoms with van der Waals surface area (Å²) in [5.74, 6) is -0.644. The number of carbonyl (C=O) groups excluding carboxylic acids is 2. The van der Waals surface area contributed by atoms with Gasteiger partial charge in [0.05, 0.1) is 0 Å². The van der Waals surface area contributed by atoms with Crippen LogP contribution in [-0.2, 0) is 32.4 Å². The molecule has 48 valence electrons. The van der Waals surface area contributed by atoms with Crippen molar-refractivity contribution in [1.82, 2.24) is 0 Å². The van der Waals surface area contributed by atoms with Gasteiger partial charge in [-0.3, -0.25) is 0 Å². The van der Waals surface area contributed by atoms with Crippen LogP contribution < -0.4 is 0 Å². The number of carbonyl (C=O) groups is 2. The normalized spacial score (nSPS) is 8.38. The summed E-state index contributed by atoms with van der Waals surface area (Å²) in [6.45, 7) is 1.34. The summed E-state index contributed by atoms with van der Waals surface area (Å²) in [6, 6.07) is 0. The summed E-state index contributed by atoms with van der Waals surface area (Å²) in [5, 5.41) is 0. The Bertz CT molecular complexity index is 110. The van der Waals surface area contributed by atoms with Gasteiger partial charge in [-0.25, -0.2) is 0 Å². The summed E-state index contributed by atoms with van der Waals surface area (Å²) >= 11 is 1.26. The fourth-order valence-electron chi connectivity index (χ4n) is 0.227. The molecule has 0 spiro atoms. The van der Waals surface area contributed by atoms with Gasteiger partial charge in [0.15, 0.2) is 0 Å². The molecule has 0 aromatic carbocycles. The molecule has 0 amide bonds. The number of Topliss-reactive ketones (excluding diaryl/α,β-unsaturated/α-hetero) is 1. The molecule has 0 heterocycles. The molecule has 0 aliphatic rings. The molecule has 0 radical (unpaired) electrons. The molecule has 0 fully saturated rings. The van der Waals surface area contributed by atoms with Crippen molar-refractivity contribution in [3.8, 4) is 0 Å². The van der Waals surface area contributed by atoms with Gasteiger partial charge in [0.25, 0.3) is 0 Å². The zero-order chi connectivity index (χ0) is 6.57. The van der Waals surface area contributed by atoms with Gasteiger partial charge in [-0.05, 0) is 0 Å². The van der Waals surface area contributed by atoms with Gasteiger partial charge in [0.1, 0.15) is 0 Å². The molecule has 0 atom stereocenters. The van der Waals surface area contributed by atoms with Gasteiger partial charge < -0.3 is 0 Å². The van der Waals surface area contributed by atoms with E-state index in [1.54, 1.807) is 0 Å². The van der Waals surface area contributed by atoms with Crippen molar-refractivity contribution in [3.63, 3.8) is 0 Å². The Hall–Kier alpha value is -0.211. The van der Waals surface area contributed by atoms with E-state index in [-0.39, 0.29) is 12.2 Å². The molecule has 0 bridgehead atoms. The van der Waals surface area contributed by atoms with Gasteiger partial charge in [-0.1, -0.05) is 0 Å². The van der Waals surface area contributed by atoms with E-state index in [2.05, 4.69) is 3.50 Å². The summed E-state index contributed by atoms with van der Waals surface area (Å²) in [4.78, 5) is 20.3. The van der Waals surface area contributed by atoms with Crippen LogP contribution in [0.2, 0.25) is 0 Å². The zero-order valence-corrected chi connectivity index (χ0v) is 6.66. The fourth-order valence-corrected chi connectivity index (χ4v) is 0.400. The Balaban J connectivity index is 3.40. The van der Waals surface area contributed by atoms with Crippen LogP contribution in [0.15, 0.2) is 0 Å². The van der Waals surface area contributed by atoms with Crippen molar-refractivity contribution in [2.24, 2.45) is 0 Å². The second-order valence-corrected chi connectivity index (χ2v) is 1.81. The Morgan fingerprint density at radius 3 is 2.25 bits per heavy atom. The van der Waals surface area contributed by atoms with Gasteiger partial charge in [0.2, 0.25) is 0 Å². The van der Waals surface area contributed by atoms with Crippen molar-refractivity contribution in [2.75, 3.05) is 0 Å². The van der Waals surface area contributed by atoms with Crippen molar-refractivity contribution in [1.29, 1.82) is 0 Å². The van der Waals surface area contributed by atoms with E-state index < -0.39 is 5.97 Å². The number of rotatable bonds is 2. The average Bonchev–Trinajstić information content (AvgIpc) is 1.65. The SMILES string of the molecule is CC(=O)CC(=O)[O][Ir]. The third-order valence-corrected chi connectivity index (χ3v) is 1.01. The van der Waals surface area contributed by atoms with E-state index >= 15 is 0 Å². The Morgan fingerprint density at radius 1 is 1.62 bits per heavy atom. The first-order valence-corrected chi connectivity index (χ1v) is 2.93. The standard InChI is InChI=1S/C4H6O3.Ir/c1-3(5)2-4(6)7;/h2H2,1H3,(H,6,7);/q;+1/p-1. The second-order valence-electron chi connectivity index (χ2n) is 1.32. The van der Waals surface area contributed by atoms with Crippen LogP contribution in [0.4, 0.5) is 0 Å². The third-order valence-electron chi connectivity index (χ3n) is 0.469. The maximum absolute atomic E-state index is 10.2. The van der Waals surface area contributed by atoms with Crippen LogP contribution in [0, 0.1) is 0 Å². The van der Waals surface area contributed by atoms with Crippen LogP contribution in [0.25, 0.3) is 0 Å². The van der Waals surface area contributed by atoms with Gasteiger partial charge >= 0.3 is 57.4 Å². The van der Waals surface area contributed by atoms with Crippen LogP contribution in [0.5, 0.6) is 0 Å². The Morgan fingerprint density at radius 2 is 2.12 bits per heavy atom. The second kappa shape index (κ2) is 3.75. The van der Waals surface area contributed by atoms with Gasteiger partial charge in [-0.2, -0.15) is 0 Å². The molecule has 8 heavy (non-hydrogen) atoms. The van der Waals surface area contributed by atoms with Gasteiger partial charge in [-0.15, -0.1) is 0 Å². The van der Waals surface area contributed by atoms with E-state index in [9.17, 15) is 9.59 Å². The van der Waals surface area contributed by atoms with Crippen LogP contribution in [-0.4, -0.2) is 11.8 Å². The molecule has 0 aromatic rings. The molecule has 0 aliphatic heterocycles. The molecule has 0 unspecified atom stereocenters. The van der Waals surface area contributed by atoms with E-state index in [0.717, 1.165) is 0 Å². The summed E-state index contributed by atoms with van der Waals surface area (Å²) < 4.78 is 4.20. The van der Waals surface area contributed by atoms with Crippen molar-refractivity contribution < 1.29 is 32.4 Å². The predicted molar refractivity (Wildman–Crippen MR) is 21.4 cm³/mol. The number of hydrogen-bond donors (Lipinski definition) is 0. The van der Waals surface area contributed by atoms with Crippen molar-refractivity contribution in [3.05, 3.63) is 0 Å². The molecule has 0 rings (SSSR count). The molecule has 4 heteroatoms.